The smallest absolute Gasteiger partial charge is 0.251 e. The molecule has 0 atom stereocenters. The number of carbonyl (C=O) groups is 3. The number of nitrogens with zero attached hydrogens (tertiary/aromatic N) is 2. The van der Waals surface area contributed by atoms with Gasteiger partial charge in [0.2, 0.25) is 18.6 Å². The van der Waals surface area contributed by atoms with Gasteiger partial charge < -0.3 is 24.6 Å². The molecule has 1 fully saturated rings. The van der Waals surface area contributed by atoms with Crippen molar-refractivity contribution in [2.45, 2.75) is 26.7 Å². The maximum atomic E-state index is 12.4. The quantitative estimate of drug-likeness (QED) is 0.791. The third kappa shape index (κ3) is 4.94. The van der Waals surface area contributed by atoms with Crippen LogP contribution in [0.1, 0.15) is 37.0 Å². The van der Waals surface area contributed by atoms with E-state index in [1.807, 2.05) is 4.90 Å². The van der Waals surface area contributed by atoms with Crippen molar-refractivity contribution in [3.05, 3.63) is 23.8 Å². The van der Waals surface area contributed by atoms with E-state index in [2.05, 4.69) is 19.2 Å². The zero-order chi connectivity index (χ0) is 20.1. The Balaban J connectivity index is 1.42. The van der Waals surface area contributed by atoms with E-state index in [1.165, 1.54) is 0 Å². The predicted octanol–water partition coefficient (Wildman–Crippen LogP) is 1.25. The molecule has 2 aliphatic rings. The summed E-state index contributed by atoms with van der Waals surface area (Å²) in [7, 11) is 0. The molecule has 2 aliphatic heterocycles. The highest BCUT2D eigenvalue weighted by Gasteiger charge is 2.24. The molecule has 0 aromatic heterocycles. The third-order valence-corrected chi connectivity index (χ3v) is 4.96. The first-order valence-electron chi connectivity index (χ1n) is 9.67. The van der Waals surface area contributed by atoms with Crippen LogP contribution in [0.5, 0.6) is 11.5 Å². The molecule has 1 aromatic carbocycles. The SMILES string of the molecule is CC(C)CCC(=O)N1CCN(C(=O)CNC(=O)c2ccc3c(c2)OCO3)CC1. The molecule has 152 valence electrons. The molecular weight excluding hydrogens is 362 g/mol. The molecule has 8 heteroatoms. The minimum Gasteiger partial charge on any atom is -0.454 e. The molecule has 1 N–H and O–H groups in total. The van der Waals surface area contributed by atoms with E-state index in [-0.39, 0.29) is 31.1 Å². The Kier molecular flexibility index (Phi) is 6.38. The van der Waals surface area contributed by atoms with Crippen molar-refractivity contribution >= 4 is 17.7 Å². The molecule has 0 radical (unpaired) electrons. The van der Waals surface area contributed by atoms with Crippen molar-refractivity contribution < 1.29 is 23.9 Å². The van der Waals surface area contributed by atoms with Gasteiger partial charge in [-0.3, -0.25) is 14.4 Å². The van der Waals surface area contributed by atoms with Crippen molar-refractivity contribution in [1.82, 2.24) is 15.1 Å². The number of fused-ring (bicyclic) bond motifs is 1. The standard InChI is InChI=1S/C20H27N3O5/c1-14(2)3-6-18(24)22-7-9-23(10-8-22)19(25)12-21-20(26)15-4-5-16-17(11-15)28-13-27-16/h4-5,11,14H,3,6-10,12-13H2,1-2H3,(H,21,26). The van der Waals surface area contributed by atoms with E-state index in [4.69, 9.17) is 9.47 Å². The Morgan fingerprint density at radius 2 is 1.64 bits per heavy atom. The lowest BCUT2D eigenvalue weighted by Gasteiger charge is -2.35. The number of hydrogen-bond donors (Lipinski definition) is 1. The van der Waals surface area contributed by atoms with Crippen LogP contribution in [0.25, 0.3) is 0 Å². The fraction of sp³-hybridized carbons (Fsp3) is 0.550. The topological polar surface area (TPSA) is 88.2 Å². The fourth-order valence-corrected chi connectivity index (χ4v) is 3.18. The number of rotatable bonds is 6. The summed E-state index contributed by atoms with van der Waals surface area (Å²) in [6.45, 7) is 6.33. The van der Waals surface area contributed by atoms with Gasteiger partial charge in [0.05, 0.1) is 6.54 Å². The lowest BCUT2D eigenvalue weighted by atomic mass is 10.1. The maximum Gasteiger partial charge on any atom is 0.251 e. The van der Waals surface area contributed by atoms with Crippen LogP contribution in [-0.4, -0.2) is 67.0 Å². The highest BCUT2D eigenvalue weighted by Crippen LogP contribution is 2.32. The summed E-state index contributed by atoms with van der Waals surface area (Å²) in [6.07, 6.45) is 1.43. The molecule has 8 nitrogen and oxygen atoms in total. The van der Waals surface area contributed by atoms with Crippen molar-refractivity contribution in [3.8, 4) is 11.5 Å². The summed E-state index contributed by atoms with van der Waals surface area (Å²) >= 11 is 0. The van der Waals surface area contributed by atoms with Crippen LogP contribution in [0, 0.1) is 5.92 Å². The lowest BCUT2D eigenvalue weighted by molar-refractivity contribution is -0.139. The number of ether oxygens (including phenoxy) is 2. The van der Waals surface area contributed by atoms with Gasteiger partial charge in [-0.25, -0.2) is 0 Å². The molecular formula is C20H27N3O5. The van der Waals surface area contributed by atoms with Crippen molar-refractivity contribution in [1.29, 1.82) is 0 Å². The molecule has 2 heterocycles. The summed E-state index contributed by atoms with van der Waals surface area (Å²) in [5.74, 6) is 1.29. The number of piperazine rings is 1. The summed E-state index contributed by atoms with van der Waals surface area (Å²) in [5.41, 5.74) is 0.414. The zero-order valence-electron chi connectivity index (χ0n) is 16.4. The Hall–Kier alpha value is -2.77. The highest BCUT2D eigenvalue weighted by molar-refractivity contribution is 5.97. The lowest BCUT2D eigenvalue weighted by Crippen LogP contribution is -2.52. The molecule has 3 rings (SSSR count). The first-order valence-corrected chi connectivity index (χ1v) is 9.67. The first-order chi connectivity index (χ1) is 13.4. The second-order valence-corrected chi connectivity index (χ2v) is 7.44. The molecule has 0 aliphatic carbocycles. The third-order valence-electron chi connectivity index (χ3n) is 4.96. The Bertz CT molecular complexity index is 741. The van der Waals surface area contributed by atoms with Crippen LogP contribution >= 0.6 is 0 Å². The summed E-state index contributed by atoms with van der Waals surface area (Å²) in [5, 5.41) is 2.65. The fourth-order valence-electron chi connectivity index (χ4n) is 3.18. The molecule has 0 unspecified atom stereocenters. The van der Waals surface area contributed by atoms with Gasteiger partial charge >= 0.3 is 0 Å². The van der Waals surface area contributed by atoms with Crippen molar-refractivity contribution in [3.63, 3.8) is 0 Å². The van der Waals surface area contributed by atoms with Gasteiger partial charge in [0.15, 0.2) is 11.5 Å². The van der Waals surface area contributed by atoms with Crippen LogP contribution in [0.3, 0.4) is 0 Å². The minimum atomic E-state index is -0.339. The minimum absolute atomic E-state index is 0.0748. The van der Waals surface area contributed by atoms with Gasteiger partial charge in [-0.15, -0.1) is 0 Å². The Morgan fingerprint density at radius 1 is 1.00 bits per heavy atom. The molecule has 0 bridgehead atoms. The molecule has 3 amide bonds. The average Bonchev–Trinajstić information content (AvgIpc) is 3.17. The molecule has 28 heavy (non-hydrogen) atoms. The van der Waals surface area contributed by atoms with Gasteiger partial charge in [0.1, 0.15) is 0 Å². The average molecular weight is 389 g/mol. The summed E-state index contributed by atoms with van der Waals surface area (Å²) in [6, 6.07) is 4.91. The van der Waals surface area contributed by atoms with Crippen LogP contribution in [0.2, 0.25) is 0 Å². The number of amides is 3. The van der Waals surface area contributed by atoms with Crippen LogP contribution in [0.15, 0.2) is 18.2 Å². The molecule has 0 spiro atoms. The van der Waals surface area contributed by atoms with E-state index >= 15 is 0 Å². The van der Waals surface area contributed by atoms with Gasteiger partial charge in [-0.2, -0.15) is 0 Å². The molecule has 0 saturated carbocycles. The van der Waals surface area contributed by atoms with E-state index in [0.29, 0.717) is 55.6 Å². The van der Waals surface area contributed by atoms with Crippen molar-refractivity contribution in [2.24, 2.45) is 5.92 Å². The van der Waals surface area contributed by atoms with Crippen molar-refractivity contribution in [2.75, 3.05) is 39.5 Å². The largest absolute Gasteiger partial charge is 0.454 e. The molecule has 1 aromatic rings. The van der Waals surface area contributed by atoms with Crippen LogP contribution < -0.4 is 14.8 Å². The summed E-state index contributed by atoms with van der Waals surface area (Å²) < 4.78 is 10.5. The second kappa shape index (κ2) is 8.95. The van der Waals surface area contributed by atoms with Gasteiger partial charge in [-0.1, -0.05) is 13.8 Å². The van der Waals surface area contributed by atoms with Gasteiger partial charge in [0, 0.05) is 38.2 Å². The van der Waals surface area contributed by atoms with Gasteiger partial charge in [-0.05, 0) is 30.5 Å². The predicted molar refractivity (Wildman–Crippen MR) is 102 cm³/mol. The number of hydrogen-bond acceptors (Lipinski definition) is 5. The second-order valence-electron chi connectivity index (χ2n) is 7.44. The van der Waals surface area contributed by atoms with E-state index in [0.717, 1.165) is 6.42 Å². The monoisotopic (exact) mass is 389 g/mol. The molecule has 1 saturated heterocycles. The zero-order valence-corrected chi connectivity index (χ0v) is 16.4. The Labute approximate surface area is 164 Å². The Morgan fingerprint density at radius 3 is 2.32 bits per heavy atom. The van der Waals surface area contributed by atoms with Gasteiger partial charge in [0.25, 0.3) is 5.91 Å². The summed E-state index contributed by atoms with van der Waals surface area (Å²) in [4.78, 5) is 40.3. The number of benzene rings is 1. The maximum absolute atomic E-state index is 12.4. The normalized spacial score (nSPS) is 15.7. The van der Waals surface area contributed by atoms with E-state index in [1.54, 1.807) is 23.1 Å². The highest BCUT2D eigenvalue weighted by atomic mass is 16.7. The van der Waals surface area contributed by atoms with Crippen LogP contribution in [0.4, 0.5) is 0 Å². The van der Waals surface area contributed by atoms with Crippen LogP contribution in [-0.2, 0) is 9.59 Å². The van der Waals surface area contributed by atoms with E-state index < -0.39 is 0 Å². The number of nitrogens with one attached hydrogen (secondary N) is 1. The number of carbonyl (C=O) groups excluding carboxylic acids is 3. The first kappa shape index (κ1) is 20.0. The van der Waals surface area contributed by atoms with E-state index in [9.17, 15) is 14.4 Å².